The molecule has 0 aliphatic carbocycles. The highest BCUT2D eigenvalue weighted by molar-refractivity contribution is 6.31. The molecule has 1 rings (SSSR count). The third-order valence-corrected chi connectivity index (χ3v) is 3.21. The molecule has 0 fully saturated rings. The average molecular weight is 294 g/mol. The largest absolute Gasteiger partial charge is 0.417 e. The van der Waals surface area contributed by atoms with Gasteiger partial charge in [0.25, 0.3) is 0 Å². The Bertz CT molecular complexity index is 391. The molecule has 0 aromatic heterocycles. The van der Waals surface area contributed by atoms with Crippen molar-refractivity contribution in [3.05, 3.63) is 28.8 Å². The van der Waals surface area contributed by atoms with Crippen LogP contribution in [0.5, 0.6) is 0 Å². The molecule has 0 unspecified atom stereocenters. The molecule has 1 nitrogen and oxygen atoms in total. The van der Waals surface area contributed by atoms with Crippen molar-refractivity contribution in [3.8, 4) is 0 Å². The molecular formula is C14H19ClF3N. The molecule has 0 aliphatic heterocycles. The second-order valence-corrected chi connectivity index (χ2v) is 4.94. The zero-order valence-corrected chi connectivity index (χ0v) is 11.7. The first kappa shape index (κ1) is 16.2. The Morgan fingerprint density at radius 2 is 1.79 bits per heavy atom. The smallest absolute Gasteiger partial charge is 0.385 e. The van der Waals surface area contributed by atoms with Gasteiger partial charge in [-0.3, -0.25) is 0 Å². The molecule has 1 aromatic rings. The molecule has 19 heavy (non-hydrogen) atoms. The van der Waals surface area contributed by atoms with Crippen LogP contribution in [0.4, 0.5) is 18.9 Å². The molecule has 0 spiro atoms. The number of anilines is 1. The minimum Gasteiger partial charge on any atom is -0.385 e. The van der Waals surface area contributed by atoms with Crippen LogP contribution in [0.1, 0.15) is 44.6 Å². The number of halogens is 4. The summed E-state index contributed by atoms with van der Waals surface area (Å²) in [5.74, 6) is 0. The van der Waals surface area contributed by atoms with Crippen LogP contribution >= 0.6 is 11.6 Å². The van der Waals surface area contributed by atoms with Crippen molar-refractivity contribution < 1.29 is 13.2 Å². The number of benzene rings is 1. The van der Waals surface area contributed by atoms with E-state index in [1.54, 1.807) is 6.07 Å². The van der Waals surface area contributed by atoms with Crippen LogP contribution in [0.25, 0.3) is 0 Å². The highest BCUT2D eigenvalue weighted by Crippen LogP contribution is 2.36. The van der Waals surface area contributed by atoms with Gasteiger partial charge in [0.05, 0.1) is 10.6 Å². The fourth-order valence-electron chi connectivity index (χ4n) is 1.81. The molecule has 108 valence electrons. The summed E-state index contributed by atoms with van der Waals surface area (Å²) in [6.07, 6.45) is 1.21. The lowest BCUT2D eigenvalue weighted by molar-refractivity contribution is -0.137. The predicted octanol–water partition coefficient (Wildman–Crippen LogP) is 5.74. The number of nitrogens with one attached hydrogen (secondary N) is 1. The van der Waals surface area contributed by atoms with Gasteiger partial charge in [-0.2, -0.15) is 13.2 Å². The molecule has 0 heterocycles. The maximum absolute atomic E-state index is 12.6. The van der Waals surface area contributed by atoms with E-state index in [2.05, 4.69) is 12.2 Å². The van der Waals surface area contributed by atoms with Gasteiger partial charge < -0.3 is 5.32 Å². The van der Waals surface area contributed by atoms with Gasteiger partial charge in [-0.1, -0.05) is 44.2 Å². The molecule has 0 aliphatic rings. The van der Waals surface area contributed by atoms with Gasteiger partial charge in [0.1, 0.15) is 0 Å². The summed E-state index contributed by atoms with van der Waals surface area (Å²) in [5, 5.41) is 2.74. The number of alkyl halides is 3. The monoisotopic (exact) mass is 293 g/mol. The molecule has 0 saturated heterocycles. The van der Waals surface area contributed by atoms with E-state index in [0.29, 0.717) is 12.2 Å². The predicted molar refractivity (Wildman–Crippen MR) is 73.7 cm³/mol. The van der Waals surface area contributed by atoms with E-state index in [0.717, 1.165) is 18.9 Å². The van der Waals surface area contributed by atoms with Crippen LogP contribution in [-0.2, 0) is 6.18 Å². The second kappa shape index (κ2) is 7.63. The van der Waals surface area contributed by atoms with Crippen LogP contribution in [0.3, 0.4) is 0 Å². The normalized spacial score (nSPS) is 11.6. The Hall–Kier alpha value is -0.900. The van der Waals surface area contributed by atoms with Gasteiger partial charge in [-0.15, -0.1) is 0 Å². The molecule has 1 aromatic carbocycles. The molecule has 0 amide bonds. The molecule has 0 bridgehead atoms. The lowest BCUT2D eigenvalue weighted by Crippen LogP contribution is -2.08. The molecule has 5 heteroatoms. The SMILES string of the molecule is CCCCCCCNc1ccc(Cl)c(C(F)(F)F)c1. The Morgan fingerprint density at radius 1 is 1.11 bits per heavy atom. The molecule has 0 saturated carbocycles. The van der Waals surface area contributed by atoms with Gasteiger partial charge in [0.2, 0.25) is 0 Å². The van der Waals surface area contributed by atoms with E-state index in [1.807, 2.05) is 0 Å². The zero-order chi connectivity index (χ0) is 14.3. The molecule has 0 radical (unpaired) electrons. The highest BCUT2D eigenvalue weighted by atomic mass is 35.5. The van der Waals surface area contributed by atoms with Crippen LogP contribution in [0.2, 0.25) is 5.02 Å². The van der Waals surface area contributed by atoms with Crippen LogP contribution in [0, 0.1) is 0 Å². The third kappa shape index (κ3) is 5.72. The minimum absolute atomic E-state index is 0.263. The Labute approximate surface area is 117 Å². The number of rotatable bonds is 7. The van der Waals surface area contributed by atoms with E-state index in [4.69, 9.17) is 11.6 Å². The van der Waals surface area contributed by atoms with Crippen molar-refractivity contribution in [2.75, 3.05) is 11.9 Å². The van der Waals surface area contributed by atoms with Crippen LogP contribution in [-0.4, -0.2) is 6.54 Å². The van der Waals surface area contributed by atoms with Crippen molar-refractivity contribution >= 4 is 17.3 Å². The standard InChI is InChI=1S/C14H19ClF3N/c1-2-3-4-5-6-9-19-11-7-8-13(15)12(10-11)14(16,17)18/h7-8,10,19H,2-6,9H2,1H3. The first-order valence-corrected chi connectivity index (χ1v) is 6.93. The lowest BCUT2D eigenvalue weighted by atomic mass is 10.1. The van der Waals surface area contributed by atoms with Gasteiger partial charge in [0.15, 0.2) is 0 Å². The maximum atomic E-state index is 12.6. The number of hydrogen-bond donors (Lipinski definition) is 1. The van der Waals surface area contributed by atoms with E-state index >= 15 is 0 Å². The first-order chi connectivity index (χ1) is 8.95. The summed E-state index contributed by atoms with van der Waals surface area (Å²) >= 11 is 5.55. The fraction of sp³-hybridized carbons (Fsp3) is 0.571. The van der Waals surface area contributed by atoms with Crippen LogP contribution < -0.4 is 5.32 Å². The average Bonchev–Trinajstić information content (AvgIpc) is 2.34. The van der Waals surface area contributed by atoms with Gasteiger partial charge in [-0.05, 0) is 24.6 Å². The summed E-state index contributed by atoms with van der Waals surface area (Å²) in [6.45, 7) is 2.83. The van der Waals surface area contributed by atoms with Crippen LogP contribution in [0.15, 0.2) is 18.2 Å². The first-order valence-electron chi connectivity index (χ1n) is 6.55. The van der Waals surface area contributed by atoms with E-state index in [9.17, 15) is 13.2 Å². The summed E-state index contributed by atoms with van der Waals surface area (Å²) < 4.78 is 37.9. The van der Waals surface area contributed by atoms with Crippen molar-refractivity contribution in [1.29, 1.82) is 0 Å². The van der Waals surface area contributed by atoms with Crippen molar-refractivity contribution in [2.45, 2.75) is 45.2 Å². The molecule has 0 atom stereocenters. The van der Waals surface area contributed by atoms with E-state index in [1.165, 1.54) is 25.3 Å². The summed E-state index contributed by atoms with van der Waals surface area (Å²) in [6, 6.07) is 3.92. The van der Waals surface area contributed by atoms with E-state index < -0.39 is 11.7 Å². The molecule has 1 N–H and O–H groups in total. The van der Waals surface area contributed by atoms with Crippen molar-refractivity contribution in [3.63, 3.8) is 0 Å². The van der Waals surface area contributed by atoms with Crippen molar-refractivity contribution in [2.24, 2.45) is 0 Å². The molecular weight excluding hydrogens is 275 g/mol. The Balaban J connectivity index is 2.47. The zero-order valence-electron chi connectivity index (χ0n) is 11.0. The van der Waals surface area contributed by atoms with Gasteiger partial charge in [0, 0.05) is 12.2 Å². The number of hydrogen-bond acceptors (Lipinski definition) is 1. The highest BCUT2D eigenvalue weighted by Gasteiger charge is 2.33. The summed E-state index contributed by atoms with van der Waals surface area (Å²) in [4.78, 5) is 0. The third-order valence-electron chi connectivity index (χ3n) is 2.88. The summed E-state index contributed by atoms with van der Waals surface area (Å²) in [7, 11) is 0. The number of unbranched alkanes of at least 4 members (excludes halogenated alkanes) is 4. The lowest BCUT2D eigenvalue weighted by Gasteiger charge is -2.12. The van der Waals surface area contributed by atoms with E-state index in [-0.39, 0.29) is 5.02 Å². The summed E-state index contributed by atoms with van der Waals surface area (Å²) in [5.41, 5.74) is -0.322. The second-order valence-electron chi connectivity index (χ2n) is 4.53. The Kier molecular flexibility index (Phi) is 6.49. The van der Waals surface area contributed by atoms with Gasteiger partial charge >= 0.3 is 6.18 Å². The fourth-order valence-corrected chi connectivity index (χ4v) is 2.04. The quantitative estimate of drug-likeness (QED) is 0.632. The van der Waals surface area contributed by atoms with Crippen molar-refractivity contribution in [1.82, 2.24) is 0 Å². The minimum atomic E-state index is -4.41. The topological polar surface area (TPSA) is 12.0 Å². The van der Waals surface area contributed by atoms with Gasteiger partial charge in [-0.25, -0.2) is 0 Å². The Morgan fingerprint density at radius 3 is 2.42 bits per heavy atom. The maximum Gasteiger partial charge on any atom is 0.417 e.